The summed E-state index contributed by atoms with van der Waals surface area (Å²) in [5.74, 6) is -0.964. The van der Waals surface area contributed by atoms with Crippen LogP contribution in [0.25, 0.3) is 31.3 Å². The Morgan fingerprint density at radius 1 is 0.688 bits per heavy atom. The molecule has 180 valence electrons. The molecule has 0 saturated carbocycles. The molecule has 0 bridgehead atoms. The van der Waals surface area contributed by atoms with Crippen LogP contribution in [0, 0.1) is 5.41 Å². The van der Waals surface area contributed by atoms with Crippen molar-refractivity contribution in [1.82, 2.24) is 0 Å². The standard InChI is InChI=1S/C17H31N9O6/c18-24-21-5-1-8-29-12-17(15-32-11-4-16(27)28,13-30-9-2-6-22-25-19)14-31-10-3-7-23-26-20/h1-15H2,(H,27,28). The monoisotopic (exact) mass is 457 g/mol. The number of nitrogens with zero attached hydrogens (tertiary/aromatic N) is 9. The average Bonchev–Trinajstić information content (AvgIpc) is 2.78. The van der Waals surface area contributed by atoms with Gasteiger partial charge in [-0.05, 0) is 35.9 Å². The Morgan fingerprint density at radius 2 is 1.03 bits per heavy atom. The zero-order chi connectivity index (χ0) is 23.8. The summed E-state index contributed by atoms with van der Waals surface area (Å²) in [6.07, 6.45) is 1.49. The molecule has 0 spiro atoms. The van der Waals surface area contributed by atoms with E-state index >= 15 is 0 Å². The Kier molecular flexibility index (Phi) is 19.6. The van der Waals surface area contributed by atoms with Crippen molar-refractivity contribution in [2.45, 2.75) is 25.7 Å². The van der Waals surface area contributed by atoms with Crippen molar-refractivity contribution in [2.75, 3.05) is 72.5 Å². The van der Waals surface area contributed by atoms with Gasteiger partial charge in [-0.25, -0.2) is 0 Å². The third kappa shape index (κ3) is 18.0. The fraction of sp³-hybridized carbons (Fsp3) is 0.941. The van der Waals surface area contributed by atoms with E-state index in [9.17, 15) is 4.79 Å². The lowest BCUT2D eigenvalue weighted by Gasteiger charge is -2.33. The summed E-state index contributed by atoms with van der Waals surface area (Å²) in [6.45, 7) is 2.79. The maximum absolute atomic E-state index is 10.8. The number of rotatable bonds is 23. The molecule has 0 heterocycles. The molecule has 0 aromatic carbocycles. The first kappa shape index (κ1) is 29.2. The molecule has 0 aliphatic rings. The Morgan fingerprint density at radius 3 is 1.34 bits per heavy atom. The van der Waals surface area contributed by atoms with E-state index in [1.54, 1.807) is 0 Å². The Labute approximate surface area is 185 Å². The first-order chi connectivity index (χ1) is 15.6. The molecule has 0 aliphatic heterocycles. The summed E-state index contributed by atoms with van der Waals surface area (Å²) in [5.41, 5.74) is 24.3. The van der Waals surface area contributed by atoms with Gasteiger partial charge in [0.15, 0.2) is 0 Å². The van der Waals surface area contributed by atoms with Crippen LogP contribution in [0.4, 0.5) is 0 Å². The van der Waals surface area contributed by atoms with Crippen LogP contribution < -0.4 is 0 Å². The van der Waals surface area contributed by atoms with Crippen molar-refractivity contribution < 1.29 is 28.8 Å². The first-order valence-corrected chi connectivity index (χ1v) is 10.2. The molecule has 0 aromatic rings. The quantitative estimate of drug-likeness (QED) is 0.104. The van der Waals surface area contributed by atoms with Crippen LogP contribution >= 0.6 is 0 Å². The Balaban J connectivity index is 4.92. The maximum atomic E-state index is 10.8. The lowest BCUT2D eigenvalue weighted by atomic mass is 9.92. The van der Waals surface area contributed by atoms with Gasteiger partial charge in [0.05, 0.1) is 44.9 Å². The van der Waals surface area contributed by atoms with Crippen LogP contribution in [0.15, 0.2) is 15.3 Å². The second kappa shape index (κ2) is 21.5. The summed E-state index contributed by atoms with van der Waals surface area (Å²) in [5, 5.41) is 19.2. The third-order valence-corrected chi connectivity index (χ3v) is 3.92. The van der Waals surface area contributed by atoms with Gasteiger partial charge in [0.1, 0.15) is 0 Å². The molecule has 0 saturated heterocycles. The topological polar surface area (TPSA) is 220 Å². The van der Waals surface area contributed by atoms with E-state index in [2.05, 4.69) is 30.1 Å². The summed E-state index contributed by atoms with van der Waals surface area (Å²) >= 11 is 0. The summed E-state index contributed by atoms with van der Waals surface area (Å²) in [7, 11) is 0. The lowest BCUT2D eigenvalue weighted by molar-refractivity contribution is -0.140. The molecule has 0 aromatic heterocycles. The van der Waals surface area contributed by atoms with Crippen LogP contribution in [-0.2, 0) is 23.7 Å². The van der Waals surface area contributed by atoms with Crippen LogP contribution in [0.1, 0.15) is 25.7 Å². The molecule has 0 rings (SSSR count). The van der Waals surface area contributed by atoms with Crippen LogP contribution in [-0.4, -0.2) is 83.6 Å². The number of ether oxygens (including phenoxy) is 4. The van der Waals surface area contributed by atoms with E-state index in [4.69, 9.17) is 40.6 Å². The van der Waals surface area contributed by atoms with Gasteiger partial charge in [0, 0.05) is 54.2 Å². The van der Waals surface area contributed by atoms with Gasteiger partial charge in [0.25, 0.3) is 0 Å². The molecule has 0 amide bonds. The molecule has 15 nitrogen and oxygen atoms in total. The SMILES string of the molecule is [N-]=[N+]=NCCCOCC(COCCCN=[N+]=[N-])(COCCCN=[N+]=[N-])COCCC(=O)O. The molecule has 0 atom stereocenters. The normalized spacial score (nSPS) is 12.1. The minimum atomic E-state index is -0.964. The number of hydrogen-bond donors (Lipinski definition) is 1. The van der Waals surface area contributed by atoms with Gasteiger partial charge < -0.3 is 24.1 Å². The third-order valence-electron chi connectivity index (χ3n) is 3.92. The van der Waals surface area contributed by atoms with E-state index in [0.29, 0.717) is 58.7 Å². The minimum absolute atomic E-state index is 0.0295. The number of azide groups is 3. The predicted octanol–water partition coefficient (Wildman–Crippen LogP) is 3.62. The van der Waals surface area contributed by atoms with Crippen LogP contribution in [0.5, 0.6) is 0 Å². The smallest absolute Gasteiger partial charge is 0.305 e. The number of carboxylic acid groups (broad SMARTS) is 1. The fourth-order valence-corrected chi connectivity index (χ4v) is 2.41. The predicted molar refractivity (Wildman–Crippen MR) is 114 cm³/mol. The highest BCUT2D eigenvalue weighted by atomic mass is 16.5. The van der Waals surface area contributed by atoms with E-state index in [1.807, 2.05) is 0 Å². The summed E-state index contributed by atoms with van der Waals surface area (Å²) in [4.78, 5) is 18.8. The van der Waals surface area contributed by atoms with Gasteiger partial charge >= 0.3 is 5.97 Å². The van der Waals surface area contributed by atoms with Crippen molar-refractivity contribution in [3.63, 3.8) is 0 Å². The van der Waals surface area contributed by atoms with Crippen molar-refractivity contribution in [3.8, 4) is 0 Å². The highest BCUT2D eigenvalue weighted by molar-refractivity contribution is 5.66. The second-order valence-electron chi connectivity index (χ2n) is 6.78. The molecule has 15 heteroatoms. The van der Waals surface area contributed by atoms with Crippen molar-refractivity contribution in [3.05, 3.63) is 31.3 Å². The number of carboxylic acids is 1. The molecule has 0 radical (unpaired) electrons. The minimum Gasteiger partial charge on any atom is -0.481 e. The maximum Gasteiger partial charge on any atom is 0.305 e. The molecule has 0 aliphatic carbocycles. The zero-order valence-electron chi connectivity index (χ0n) is 18.1. The van der Waals surface area contributed by atoms with E-state index in [-0.39, 0.29) is 39.5 Å². The molecular formula is C17H31N9O6. The lowest BCUT2D eigenvalue weighted by Crippen LogP contribution is -2.42. The largest absolute Gasteiger partial charge is 0.481 e. The second-order valence-corrected chi connectivity index (χ2v) is 6.78. The summed E-state index contributed by atoms with van der Waals surface area (Å²) < 4.78 is 22.8. The zero-order valence-corrected chi connectivity index (χ0v) is 18.1. The Bertz CT molecular complexity index is 577. The number of carbonyl (C=O) groups is 1. The average molecular weight is 457 g/mol. The summed E-state index contributed by atoms with van der Waals surface area (Å²) in [6, 6.07) is 0. The van der Waals surface area contributed by atoms with Gasteiger partial charge in [-0.2, -0.15) is 0 Å². The highest BCUT2D eigenvalue weighted by Crippen LogP contribution is 2.21. The van der Waals surface area contributed by atoms with Crippen LogP contribution in [0.2, 0.25) is 0 Å². The van der Waals surface area contributed by atoms with Crippen molar-refractivity contribution in [2.24, 2.45) is 20.8 Å². The van der Waals surface area contributed by atoms with Gasteiger partial charge in [-0.3, -0.25) is 4.79 Å². The van der Waals surface area contributed by atoms with Crippen molar-refractivity contribution in [1.29, 1.82) is 0 Å². The van der Waals surface area contributed by atoms with Gasteiger partial charge in [0.2, 0.25) is 0 Å². The van der Waals surface area contributed by atoms with E-state index in [0.717, 1.165) is 0 Å². The van der Waals surface area contributed by atoms with Crippen LogP contribution in [0.3, 0.4) is 0 Å². The first-order valence-electron chi connectivity index (χ1n) is 10.2. The van der Waals surface area contributed by atoms with Gasteiger partial charge in [-0.1, -0.05) is 15.3 Å². The molecule has 0 unspecified atom stereocenters. The fourth-order valence-electron chi connectivity index (χ4n) is 2.41. The van der Waals surface area contributed by atoms with Gasteiger partial charge in [-0.15, -0.1) is 0 Å². The molecule has 32 heavy (non-hydrogen) atoms. The highest BCUT2D eigenvalue weighted by Gasteiger charge is 2.32. The Hall–Kier alpha value is -2.76. The molecular weight excluding hydrogens is 426 g/mol. The number of hydrogen-bond acceptors (Lipinski definition) is 8. The van der Waals surface area contributed by atoms with Crippen molar-refractivity contribution >= 4 is 5.97 Å². The number of aliphatic carboxylic acids is 1. The molecule has 0 fully saturated rings. The van der Waals surface area contributed by atoms with E-state index in [1.165, 1.54) is 0 Å². The molecule has 1 N–H and O–H groups in total. The van der Waals surface area contributed by atoms with E-state index < -0.39 is 11.4 Å².